The molecule has 0 unspecified atom stereocenters. The molecule has 0 amide bonds. The number of fused-ring (bicyclic) bond motifs is 1. The van der Waals surface area contributed by atoms with Gasteiger partial charge in [-0.15, -0.1) is 0 Å². The number of carbonyl (C=O) groups excluding carboxylic acids is 1. The maximum atomic E-state index is 11.4. The Morgan fingerprint density at radius 3 is 2.83 bits per heavy atom. The largest absolute Gasteiger partial charge is 0.464 e. The predicted octanol–water partition coefficient (Wildman–Crippen LogP) is 3.89. The van der Waals surface area contributed by atoms with Crippen molar-refractivity contribution in [3.63, 3.8) is 0 Å². The van der Waals surface area contributed by atoms with E-state index >= 15 is 0 Å². The lowest BCUT2D eigenvalue weighted by Gasteiger charge is -2.05. The highest BCUT2D eigenvalue weighted by molar-refractivity contribution is 8.22. The van der Waals surface area contributed by atoms with Crippen LogP contribution in [0.4, 0.5) is 0 Å². The molecule has 0 N–H and O–H groups in total. The maximum Gasteiger partial charge on any atom is 0.358 e. The molecule has 2 aromatic carbocycles. The Bertz CT molecular complexity index is 874. The maximum absolute atomic E-state index is 11.4. The Morgan fingerprint density at radius 1 is 1.26 bits per heavy atom. The molecule has 3 aromatic rings. The number of hydrogen-bond donors (Lipinski definition) is 0. The Morgan fingerprint density at radius 2 is 2.04 bits per heavy atom. The zero-order chi connectivity index (χ0) is 16.2. The van der Waals surface area contributed by atoms with Crippen LogP contribution in [0, 0.1) is 0 Å². The molecule has 0 spiro atoms. The predicted molar refractivity (Wildman–Crippen MR) is 96.8 cm³/mol. The van der Waals surface area contributed by atoms with E-state index in [1.165, 1.54) is 41.5 Å². The van der Waals surface area contributed by atoms with E-state index in [-0.39, 0.29) is 5.69 Å². The zero-order valence-corrected chi connectivity index (χ0v) is 14.1. The number of ether oxygens (including phenoxy) is 1. The van der Waals surface area contributed by atoms with Crippen LogP contribution in [0.3, 0.4) is 0 Å². The summed E-state index contributed by atoms with van der Waals surface area (Å²) in [5, 5.41) is 2.44. The van der Waals surface area contributed by atoms with E-state index in [0.29, 0.717) is 4.32 Å². The molecule has 1 heterocycles. The van der Waals surface area contributed by atoms with E-state index in [1.807, 2.05) is 12.1 Å². The first-order chi connectivity index (χ1) is 11.2. The first kappa shape index (κ1) is 15.7. The molecule has 0 saturated heterocycles. The molecule has 3 rings (SSSR count). The number of carbonyl (C=O) groups is 1. The van der Waals surface area contributed by atoms with Gasteiger partial charge in [-0.2, -0.15) is 0 Å². The van der Waals surface area contributed by atoms with Crippen molar-refractivity contribution >= 4 is 45.0 Å². The number of aromatic nitrogens is 2. The molecule has 0 aliphatic heterocycles. The Labute approximate surface area is 143 Å². The number of methoxy groups -OCH3 is 1. The van der Waals surface area contributed by atoms with Gasteiger partial charge in [0.2, 0.25) is 0 Å². The lowest BCUT2D eigenvalue weighted by atomic mass is 10.1. The van der Waals surface area contributed by atoms with Crippen molar-refractivity contribution in [3.05, 3.63) is 66.2 Å². The van der Waals surface area contributed by atoms with Crippen LogP contribution in [-0.2, 0) is 10.5 Å². The van der Waals surface area contributed by atoms with Crippen LogP contribution in [-0.4, -0.2) is 27.0 Å². The molecule has 1 aromatic heterocycles. The number of thioether (sulfide) groups is 1. The van der Waals surface area contributed by atoms with Crippen molar-refractivity contribution in [2.75, 3.05) is 7.11 Å². The third kappa shape index (κ3) is 3.60. The van der Waals surface area contributed by atoms with Crippen molar-refractivity contribution in [2.45, 2.75) is 5.75 Å². The minimum atomic E-state index is -0.467. The van der Waals surface area contributed by atoms with Crippen molar-refractivity contribution in [1.82, 2.24) is 9.55 Å². The van der Waals surface area contributed by atoms with Crippen LogP contribution in [0.5, 0.6) is 0 Å². The van der Waals surface area contributed by atoms with Gasteiger partial charge in [0.05, 0.1) is 7.11 Å². The zero-order valence-electron chi connectivity index (χ0n) is 12.4. The first-order valence-corrected chi connectivity index (χ1v) is 8.34. The molecule has 0 bridgehead atoms. The van der Waals surface area contributed by atoms with E-state index in [0.717, 1.165) is 5.75 Å². The molecule has 6 heteroatoms. The van der Waals surface area contributed by atoms with Gasteiger partial charge < -0.3 is 4.74 Å². The van der Waals surface area contributed by atoms with Crippen LogP contribution in [0.15, 0.2) is 55.0 Å². The highest BCUT2D eigenvalue weighted by Gasteiger charge is 2.11. The van der Waals surface area contributed by atoms with Crippen LogP contribution >= 0.6 is 24.0 Å². The van der Waals surface area contributed by atoms with Gasteiger partial charge in [0.1, 0.15) is 10.6 Å². The lowest BCUT2D eigenvalue weighted by molar-refractivity contribution is 0.0594. The number of nitrogens with zero attached hydrogens (tertiary/aromatic N) is 2. The second kappa shape index (κ2) is 6.93. The second-order valence-electron chi connectivity index (χ2n) is 4.89. The Hall–Kier alpha value is -2.18. The molecular weight excluding hydrogens is 328 g/mol. The lowest BCUT2D eigenvalue weighted by Crippen LogP contribution is -2.04. The standard InChI is InChI=1S/C17H14N2O2S2/c1-21-16(20)15-9-19(11-18-15)17(22)23-10-12-6-7-13-4-2-3-5-14(13)8-12/h2-9,11H,10H2,1H3. The molecule has 0 aliphatic carbocycles. The van der Waals surface area contributed by atoms with Crippen LogP contribution < -0.4 is 0 Å². The quantitative estimate of drug-likeness (QED) is 0.534. The monoisotopic (exact) mass is 342 g/mol. The Kier molecular flexibility index (Phi) is 4.73. The van der Waals surface area contributed by atoms with Crippen molar-refractivity contribution < 1.29 is 9.53 Å². The molecular formula is C17H14N2O2S2. The fraction of sp³-hybridized carbons (Fsp3) is 0.118. The van der Waals surface area contributed by atoms with Gasteiger partial charge in [-0.05, 0) is 16.3 Å². The highest BCUT2D eigenvalue weighted by Crippen LogP contribution is 2.20. The van der Waals surface area contributed by atoms with Gasteiger partial charge in [-0.25, -0.2) is 9.78 Å². The normalized spacial score (nSPS) is 10.7. The fourth-order valence-electron chi connectivity index (χ4n) is 2.18. The van der Waals surface area contributed by atoms with E-state index in [2.05, 4.69) is 40.1 Å². The summed E-state index contributed by atoms with van der Waals surface area (Å²) in [5.74, 6) is 0.293. The first-order valence-electron chi connectivity index (χ1n) is 6.94. The Balaban J connectivity index is 1.68. The minimum absolute atomic E-state index is 0.251. The summed E-state index contributed by atoms with van der Waals surface area (Å²) in [4.78, 5) is 15.4. The van der Waals surface area contributed by atoms with Crippen molar-refractivity contribution in [3.8, 4) is 0 Å². The third-order valence-electron chi connectivity index (χ3n) is 3.36. The minimum Gasteiger partial charge on any atom is -0.464 e. The van der Waals surface area contributed by atoms with Crippen LogP contribution in [0.2, 0.25) is 0 Å². The SMILES string of the molecule is COC(=O)c1cn(C(=S)SCc2ccc3ccccc3c2)cn1. The van der Waals surface area contributed by atoms with E-state index < -0.39 is 5.97 Å². The molecule has 0 saturated carbocycles. The average Bonchev–Trinajstić information content (AvgIpc) is 3.09. The van der Waals surface area contributed by atoms with Gasteiger partial charge in [0.25, 0.3) is 0 Å². The molecule has 0 atom stereocenters. The molecule has 0 radical (unpaired) electrons. The van der Waals surface area contributed by atoms with Gasteiger partial charge in [0, 0.05) is 11.9 Å². The highest BCUT2D eigenvalue weighted by atomic mass is 32.2. The van der Waals surface area contributed by atoms with Crippen LogP contribution in [0.1, 0.15) is 16.1 Å². The van der Waals surface area contributed by atoms with Gasteiger partial charge in [0.15, 0.2) is 5.69 Å². The number of imidazole rings is 1. The fourth-order valence-corrected chi connectivity index (χ4v) is 3.18. The third-order valence-corrected chi connectivity index (χ3v) is 4.86. The molecule has 4 nitrogen and oxygen atoms in total. The van der Waals surface area contributed by atoms with Gasteiger partial charge in [-0.1, -0.05) is 66.4 Å². The molecule has 23 heavy (non-hydrogen) atoms. The smallest absolute Gasteiger partial charge is 0.358 e. The average molecular weight is 342 g/mol. The summed E-state index contributed by atoms with van der Waals surface area (Å²) >= 11 is 6.91. The summed E-state index contributed by atoms with van der Waals surface area (Å²) in [7, 11) is 1.33. The van der Waals surface area contributed by atoms with Crippen molar-refractivity contribution in [1.29, 1.82) is 0 Å². The summed E-state index contributed by atoms with van der Waals surface area (Å²) in [6.07, 6.45) is 3.11. The summed E-state index contributed by atoms with van der Waals surface area (Å²) in [6, 6.07) is 14.6. The molecule has 0 aliphatic rings. The van der Waals surface area contributed by atoms with E-state index in [1.54, 1.807) is 10.8 Å². The van der Waals surface area contributed by atoms with Crippen molar-refractivity contribution in [2.24, 2.45) is 0 Å². The number of rotatable bonds is 3. The number of esters is 1. The topological polar surface area (TPSA) is 44.1 Å². The van der Waals surface area contributed by atoms with Gasteiger partial charge >= 0.3 is 5.97 Å². The van der Waals surface area contributed by atoms with Crippen LogP contribution in [0.25, 0.3) is 10.8 Å². The number of benzene rings is 2. The van der Waals surface area contributed by atoms with E-state index in [9.17, 15) is 4.79 Å². The summed E-state index contributed by atoms with van der Waals surface area (Å²) < 4.78 is 6.93. The van der Waals surface area contributed by atoms with E-state index in [4.69, 9.17) is 12.2 Å². The number of hydrogen-bond acceptors (Lipinski definition) is 5. The summed E-state index contributed by atoms with van der Waals surface area (Å²) in [6.45, 7) is 0. The molecule has 116 valence electrons. The molecule has 0 fully saturated rings. The number of thiocarbonyl (C=S) groups is 1. The van der Waals surface area contributed by atoms with Gasteiger partial charge in [-0.3, -0.25) is 4.57 Å². The summed E-state index contributed by atoms with van der Waals surface area (Å²) in [5.41, 5.74) is 1.45. The second-order valence-corrected chi connectivity index (χ2v) is 6.50.